The quantitative estimate of drug-likeness (QED) is 0.713. The number of anilines is 1. The second-order valence-corrected chi connectivity index (χ2v) is 6.74. The van der Waals surface area contributed by atoms with Crippen molar-refractivity contribution < 1.29 is 19.1 Å². The summed E-state index contributed by atoms with van der Waals surface area (Å²) in [5.74, 6) is 0.201. The first-order chi connectivity index (χ1) is 13.6. The van der Waals surface area contributed by atoms with Crippen LogP contribution in [0.5, 0.6) is 11.5 Å². The molecular weight excluding hydrogens is 358 g/mol. The maximum Gasteiger partial charge on any atom is 0.259 e. The van der Waals surface area contributed by atoms with Crippen molar-refractivity contribution in [1.29, 1.82) is 0 Å². The van der Waals surface area contributed by atoms with E-state index in [9.17, 15) is 14.4 Å². The van der Waals surface area contributed by atoms with Crippen LogP contribution < -0.4 is 15.0 Å². The van der Waals surface area contributed by atoms with Crippen LogP contribution in [0.2, 0.25) is 0 Å². The first kappa shape index (κ1) is 16.4. The van der Waals surface area contributed by atoms with Crippen molar-refractivity contribution in [2.75, 3.05) is 4.90 Å². The Kier molecular flexibility index (Phi) is 3.61. The lowest BCUT2D eigenvalue weighted by Crippen LogP contribution is -2.53. The molecule has 0 saturated carbocycles. The number of pyridine rings is 1. The molecular formula is C21H15N3O4. The molecule has 1 unspecified atom stereocenters. The van der Waals surface area contributed by atoms with Crippen LogP contribution in [-0.2, 0) is 9.59 Å². The molecule has 1 saturated heterocycles. The fourth-order valence-corrected chi connectivity index (χ4v) is 3.84. The van der Waals surface area contributed by atoms with E-state index in [1.165, 1.54) is 4.90 Å². The summed E-state index contributed by atoms with van der Waals surface area (Å²) in [5.41, 5.74) is 1.18. The Morgan fingerprint density at radius 3 is 2.75 bits per heavy atom. The Morgan fingerprint density at radius 1 is 1.07 bits per heavy atom. The number of benzene rings is 2. The van der Waals surface area contributed by atoms with Gasteiger partial charge in [-0.15, -0.1) is 0 Å². The van der Waals surface area contributed by atoms with Gasteiger partial charge in [0.25, 0.3) is 5.91 Å². The first-order valence-electron chi connectivity index (χ1n) is 8.94. The predicted octanol–water partition coefficient (Wildman–Crippen LogP) is 2.79. The summed E-state index contributed by atoms with van der Waals surface area (Å²) in [6.07, 6.45) is 3.79. The highest BCUT2D eigenvalue weighted by atomic mass is 16.5. The average molecular weight is 373 g/mol. The molecule has 3 amide bonds. The normalized spacial score (nSPS) is 18.5. The molecule has 0 radical (unpaired) electrons. The van der Waals surface area contributed by atoms with Gasteiger partial charge in [-0.05, 0) is 36.8 Å². The molecule has 28 heavy (non-hydrogen) atoms. The largest absolute Gasteiger partial charge is 0.455 e. The number of hydrogen-bond donors (Lipinski definition) is 1. The van der Waals surface area contributed by atoms with Crippen molar-refractivity contribution >= 4 is 34.2 Å². The summed E-state index contributed by atoms with van der Waals surface area (Å²) in [4.78, 5) is 42.5. The Hall–Kier alpha value is -3.74. The van der Waals surface area contributed by atoms with Gasteiger partial charge < -0.3 is 4.74 Å². The lowest BCUT2D eigenvalue weighted by atomic mass is 10.0. The van der Waals surface area contributed by atoms with E-state index in [2.05, 4.69) is 10.3 Å². The maximum absolute atomic E-state index is 13.1. The fraction of sp³-hybridized carbons (Fsp3) is 0.143. The molecule has 5 rings (SSSR count). The van der Waals surface area contributed by atoms with Gasteiger partial charge in [0.1, 0.15) is 17.5 Å². The van der Waals surface area contributed by atoms with Crippen LogP contribution in [0.3, 0.4) is 0 Å². The summed E-state index contributed by atoms with van der Waals surface area (Å²) in [5, 5.41) is 3.85. The van der Waals surface area contributed by atoms with Gasteiger partial charge in [0.15, 0.2) is 0 Å². The minimum atomic E-state index is -0.703. The first-order valence-corrected chi connectivity index (χ1v) is 8.94. The third-order valence-electron chi connectivity index (χ3n) is 5.07. The van der Waals surface area contributed by atoms with Crippen molar-refractivity contribution in [3.8, 4) is 11.5 Å². The van der Waals surface area contributed by atoms with Crippen molar-refractivity contribution in [1.82, 2.24) is 10.3 Å². The number of ether oxygens (including phenoxy) is 1. The van der Waals surface area contributed by atoms with Gasteiger partial charge in [-0.1, -0.05) is 12.1 Å². The monoisotopic (exact) mass is 373 g/mol. The molecule has 1 aromatic heterocycles. The number of carbonyl (C=O) groups excluding carboxylic acids is 3. The number of nitrogens with one attached hydrogen (secondary N) is 1. The topological polar surface area (TPSA) is 88.6 Å². The van der Waals surface area contributed by atoms with Crippen molar-refractivity contribution in [2.45, 2.75) is 18.9 Å². The summed E-state index contributed by atoms with van der Waals surface area (Å²) >= 11 is 0. The number of nitrogens with zero attached hydrogens (tertiary/aromatic N) is 2. The lowest BCUT2D eigenvalue weighted by Gasteiger charge is -2.30. The Morgan fingerprint density at radius 2 is 1.96 bits per heavy atom. The number of carbonyl (C=O) groups is 3. The summed E-state index contributed by atoms with van der Waals surface area (Å²) < 4.78 is 5.96. The number of aromatic nitrogens is 1. The number of rotatable bonds is 3. The third kappa shape index (κ3) is 2.44. The van der Waals surface area contributed by atoms with Gasteiger partial charge in [0, 0.05) is 29.0 Å². The van der Waals surface area contributed by atoms with Crippen LogP contribution in [-0.4, -0.2) is 28.7 Å². The van der Waals surface area contributed by atoms with Crippen LogP contribution in [0.25, 0.3) is 10.8 Å². The Labute approximate surface area is 159 Å². The zero-order valence-corrected chi connectivity index (χ0v) is 14.7. The van der Waals surface area contributed by atoms with Crippen LogP contribution >= 0.6 is 0 Å². The number of amides is 3. The highest BCUT2D eigenvalue weighted by molar-refractivity contribution is 6.27. The number of hydrogen-bond acceptors (Lipinski definition) is 5. The lowest BCUT2D eigenvalue weighted by molar-refractivity contribution is -0.134. The van der Waals surface area contributed by atoms with Gasteiger partial charge in [0.05, 0.1) is 11.9 Å². The molecule has 2 aliphatic rings. The standard InChI is InChI=1S/C21H15N3O4/c25-18-9-7-16(20(26)23-18)24-15-6-8-17(28-12-3-2-10-22-11-12)13-4-1-5-14(19(13)15)21(24)27/h1-6,8,10-11,16H,7,9H2,(H,23,25,26). The van der Waals surface area contributed by atoms with E-state index in [0.29, 0.717) is 29.2 Å². The smallest absolute Gasteiger partial charge is 0.259 e. The minimum absolute atomic E-state index is 0.210. The van der Waals surface area contributed by atoms with E-state index in [-0.39, 0.29) is 18.2 Å². The van der Waals surface area contributed by atoms with Crippen LogP contribution in [0.4, 0.5) is 5.69 Å². The molecule has 1 fully saturated rings. The van der Waals surface area contributed by atoms with E-state index in [1.807, 2.05) is 6.07 Å². The van der Waals surface area contributed by atoms with Crippen LogP contribution in [0, 0.1) is 0 Å². The molecule has 138 valence electrons. The summed E-state index contributed by atoms with van der Waals surface area (Å²) in [7, 11) is 0. The van der Waals surface area contributed by atoms with E-state index in [0.717, 1.165) is 10.8 Å². The van der Waals surface area contributed by atoms with Gasteiger partial charge in [0.2, 0.25) is 11.8 Å². The summed E-state index contributed by atoms with van der Waals surface area (Å²) in [6, 6.07) is 11.9. The molecule has 0 spiro atoms. The van der Waals surface area contributed by atoms with Crippen molar-refractivity contribution in [3.63, 3.8) is 0 Å². The predicted molar refractivity (Wildman–Crippen MR) is 101 cm³/mol. The van der Waals surface area contributed by atoms with E-state index < -0.39 is 11.9 Å². The number of imide groups is 1. The molecule has 1 atom stereocenters. The second-order valence-electron chi connectivity index (χ2n) is 6.74. The molecule has 0 bridgehead atoms. The molecule has 0 aliphatic carbocycles. The highest BCUT2D eigenvalue weighted by Crippen LogP contribution is 2.43. The molecule has 3 aromatic rings. The minimum Gasteiger partial charge on any atom is -0.455 e. The fourth-order valence-electron chi connectivity index (χ4n) is 3.84. The van der Waals surface area contributed by atoms with Crippen LogP contribution in [0.1, 0.15) is 23.2 Å². The zero-order valence-electron chi connectivity index (χ0n) is 14.7. The average Bonchev–Trinajstić information content (AvgIpc) is 2.98. The molecule has 7 nitrogen and oxygen atoms in total. The van der Waals surface area contributed by atoms with E-state index >= 15 is 0 Å². The van der Waals surface area contributed by atoms with Gasteiger partial charge >= 0.3 is 0 Å². The third-order valence-corrected chi connectivity index (χ3v) is 5.07. The van der Waals surface area contributed by atoms with Gasteiger partial charge in [-0.3, -0.25) is 29.6 Å². The van der Waals surface area contributed by atoms with Gasteiger partial charge in [-0.25, -0.2) is 0 Å². The second kappa shape index (κ2) is 6.16. The molecule has 1 N–H and O–H groups in total. The van der Waals surface area contributed by atoms with E-state index in [4.69, 9.17) is 4.74 Å². The molecule has 7 heteroatoms. The van der Waals surface area contributed by atoms with Crippen LogP contribution in [0.15, 0.2) is 54.9 Å². The highest BCUT2D eigenvalue weighted by Gasteiger charge is 2.40. The molecule has 2 aromatic carbocycles. The summed E-state index contributed by atoms with van der Waals surface area (Å²) in [6.45, 7) is 0. The Balaban J connectivity index is 1.61. The van der Waals surface area contributed by atoms with Gasteiger partial charge in [-0.2, -0.15) is 0 Å². The molecule has 2 aliphatic heterocycles. The van der Waals surface area contributed by atoms with Crippen molar-refractivity contribution in [3.05, 3.63) is 60.4 Å². The SMILES string of the molecule is O=C1CCC(N2C(=O)c3cccc4c(Oc5cccnc5)ccc2c34)C(=O)N1. The Bertz CT molecular complexity index is 1140. The maximum atomic E-state index is 13.1. The van der Waals surface area contributed by atoms with Crippen molar-refractivity contribution in [2.24, 2.45) is 0 Å². The zero-order chi connectivity index (χ0) is 19.3. The van der Waals surface area contributed by atoms with E-state index in [1.54, 1.807) is 48.8 Å². The number of piperidine rings is 1. The molecule has 3 heterocycles.